The average molecular weight is 255 g/mol. The van der Waals surface area contributed by atoms with Crippen LogP contribution in [0.25, 0.3) is 0 Å². The second-order valence-corrected chi connectivity index (χ2v) is 6.24. The van der Waals surface area contributed by atoms with Crippen LogP contribution >= 0.6 is 11.3 Å². The van der Waals surface area contributed by atoms with E-state index in [-0.39, 0.29) is 5.54 Å². The Hall–Kier alpha value is -0.870. The lowest BCUT2D eigenvalue weighted by Gasteiger charge is -2.25. The number of thiophene rings is 1. The molecule has 96 valence electrons. The molecule has 0 atom stereocenters. The molecule has 0 unspecified atom stereocenters. The summed E-state index contributed by atoms with van der Waals surface area (Å²) in [5.74, 6) is -0.836. The number of nitrogens with one attached hydrogen (secondary N) is 1. The van der Waals surface area contributed by atoms with E-state index in [1.807, 2.05) is 6.92 Å². The predicted octanol–water partition coefficient (Wildman–Crippen LogP) is 3.42. The number of rotatable bonds is 6. The standard InChI is InChI=1S/C13H21NO2S/c1-5-6-13(3,4)14-8-10-7-11(12(15)16)17-9(10)2/h7,14H,5-6,8H2,1-4H3,(H,15,16). The predicted molar refractivity (Wildman–Crippen MR) is 71.8 cm³/mol. The summed E-state index contributed by atoms with van der Waals surface area (Å²) in [7, 11) is 0. The molecule has 0 radical (unpaired) electrons. The van der Waals surface area contributed by atoms with Crippen molar-refractivity contribution in [3.8, 4) is 0 Å². The molecule has 0 aliphatic heterocycles. The zero-order valence-corrected chi connectivity index (χ0v) is 11.8. The SMILES string of the molecule is CCCC(C)(C)NCc1cc(C(=O)O)sc1C. The summed E-state index contributed by atoms with van der Waals surface area (Å²) >= 11 is 1.35. The summed E-state index contributed by atoms with van der Waals surface area (Å²) in [5, 5.41) is 12.4. The lowest BCUT2D eigenvalue weighted by Crippen LogP contribution is -2.38. The van der Waals surface area contributed by atoms with Gasteiger partial charge in [-0.3, -0.25) is 0 Å². The minimum Gasteiger partial charge on any atom is -0.477 e. The molecule has 1 heterocycles. The lowest BCUT2D eigenvalue weighted by molar-refractivity contribution is 0.0702. The van der Waals surface area contributed by atoms with Gasteiger partial charge in [-0.2, -0.15) is 0 Å². The van der Waals surface area contributed by atoms with Crippen molar-refractivity contribution in [2.45, 2.75) is 52.6 Å². The molecule has 0 amide bonds. The van der Waals surface area contributed by atoms with Crippen LogP contribution in [0.4, 0.5) is 0 Å². The summed E-state index contributed by atoms with van der Waals surface area (Å²) in [6, 6.07) is 1.78. The molecule has 0 saturated carbocycles. The van der Waals surface area contributed by atoms with E-state index in [1.165, 1.54) is 11.3 Å². The second-order valence-electron chi connectivity index (χ2n) is 4.98. The van der Waals surface area contributed by atoms with Gasteiger partial charge in [-0.05, 0) is 38.8 Å². The minimum absolute atomic E-state index is 0.104. The zero-order chi connectivity index (χ0) is 13.1. The Kier molecular flexibility index (Phi) is 4.71. The third-order valence-electron chi connectivity index (χ3n) is 2.86. The van der Waals surface area contributed by atoms with Crippen LogP contribution in [0.5, 0.6) is 0 Å². The van der Waals surface area contributed by atoms with Crippen molar-refractivity contribution in [2.75, 3.05) is 0 Å². The van der Waals surface area contributed by atoms with Gasteiger partial charge < -0.3 is 10.4 Å². The Bertz CT molecular complexity index is 396. The van der Waals surface area contributed by atoms with Crippen molar-refractivity contribution in [1.29, 1.82) is 0 Å². The van der Waals surface area contributed by atoms with E-state index < -0.39 is 5.97 Å². The maximum atomic E-state index is 10.9. The van der Waals surface area contributed by atoms with Crippen molar-refractivity contribution in [3.05, 3.63) is 21.4 Å². The normalized spacial score (nSPS) is 11.8. The molecule has 17 heavy (non-hydrogen) atoms. The summed E-state index contributed by atoms with van der Waals surface area (Å²) in [6.45, 7) is 9.23. The Labute approximate surface area is 107 Å². The first kappa shape index (κ1) is 14.2. The van der Waals surface area contributed by atoms with E-state index in [2.05, 4.69) is 26.1 Å². The van der Waals surface area contributed by atoms with Gasteiger partial charge in [0.1, 0.15) is 4.88 Å². The quantitative estimate of drug-likeness (QED) is 0.819. The molecule has 0 bridgehead atoms. The molecular weight excluding hydrogens is 234 g/mol. The number of carboxylic acid groups (broad SMARTS) is 1. The molecule has 0 aliphatic carbocycles. The molecular formula is C13H21NO2S. The highest BCUT2D eigenvalue weighted by Gasteiger charge is 2.17. The van der Waals surface area contributed by atoms with Gasteiger partial charge in [-0.25, -0.2) is 4.79 Å². The van der Waals surface area contributed by atoms with Crippen LogP contribution in [-0.2, 0) is 6.54 Å². The molecule has 1 rings (SSSR count). The number of carbonyl (C=O) groups is 1. The summed E-state index contributed by atoms with van der Waals surface area (Å²) in [4.78, 5) is 12.4. The molecule has 1 aromatic heterocycles. The molecule has 2 N–H and O–H groups in total. The molecule has 0 aromatic carbocycles. The molecule has 4 heteroatoms. The molecule has 0 spiro atoms. The molecule has 0 fully saturated rings. The second kappa shape index (κ2) is 5.65. The van der Waals surface area contributed by atoms with E-state index in [4.69, 9.17) is 5.11 Å². The largest absolute Gasteiger partial charge is 0.477 e. The van der Waals surface area contributed by atoms with Gasteiger partial charge >= 0.3 is 5.97 Å². The minimum atomic E-state index is -0.836. The van der Waals surface area contributed by atoms with Crippen molar-refractivity contribution in [2.24, 2.45) is 0 Å². The van der Waals surface area contributed by atoms with Crippen molar-refractivity contribution in [1.82, 2.24) is 5.32 Å². The average Bonchev–Trinajstić information content (AvgIpc) is 2.57. The fourth-order valence-electron chi connectivity index (χ4n) is 1.85. The van der Waals surface area contributed by atoms with Crippen LogP contribution in [0.3, 0.4) is 0 Å². The van der Waals surface area contributed by atoms with Gasteiger partial charge in [0, 0.05) is 17.0 Å². The Balaban J connectivity index is 2.66. The highest BCUT2D eigenvalue weighted by Crippen LogP contribution is 2.22. The fraction of sp³-hybridized carbons (Fsp3) is 0.615. The first-order valence-electron chi connectivity index (χ1n) is 5.93. The van der Waals surface area contributed by atoms with Gasteiger partial charge in [0.05, 0.1) is 0 Å². The smallest absolute Gasteiger partial charge is 0.345 e. The van der Waals surface area contributed by atoms with Gasteiger partial charge in [0.25, 0.3) is 0 Å². The number of hydrogen-bond acceptors (Lipinski definition) is 3. The number of aryl methyl sites for hydroxylation is 1. The Morgan fingerprint density at radius 3 is 2.65 bits per heavy atom. The summed E-state index contributed by atoms with van der Waals surface area (Å²) in [6.07, 6.45) is 2.25. The van der Waals surface area contributed by atoms with Crippen molar-refractivity contribution >= 4 is 17.3 Å². The van der Waals surface area contributed by atoms with Gasteiger partial charge in [0.15, 0.2) is 0 Å². The van der Waals surface area contributed by atoms with E-state index in [0.717, 1.165) is 29.8 Å². The number of carboxylic acids is 1. The molecule has 0 saturated heterocycles. The molecule has 0 aliphatic rings. The maximum Gasteiger partial charge on any atom is 0.345 e. The number of aromatic carboxylic acids is 1. The molecule has 3 nitrogen and oxygen atoms in total. The van der Waals surface area contributed by atoms with Gasteiger partial charge in [-0.15, -0.1) is 11.3 Å². The van der Waals surface area contributed by atoms with Crippen LogP contribution in [0.15, 0.2) is 6.07 Å². The first-order valence-corrected chi connectivity index (χ1v) is 6.75. The van der Waals surface area contributed by atoms with Crippen molar-refractivity contribution in [3.63, 3.8) is 0 Å². The zero-order valence-electron chi connectivity index (χ0n) is 11.0. The van der Waals surface area contributed by atoms with E-state index >= 15 is 0 Å². The van der Waals surface area contributed by atoms with Crippen LogP contribution < -0.4 is 5.32 Å². The van der Waals surface area contributed by atoms with Gasteiger partial charge in [0.2, 0.25) is 0 Å². The van der Waals surface area contributed by atoms with E-state index in [1.54, 1.807) is 6.07 Å². The van der Waals surface area contributed by atoms with Crippen LogP contribution in [0.1, 0.15) is 53.7 Å². The summed E-state index contributed by atoms with van der Waals surface area (Å²) < 4.78 is 0. The van der Waals surface area contributed by atoms with Crippen LogP contribution in [-0.4, -0.2) is 16.6 Å². The fourth-order valence-corrected chi connectivity index (χ4v) is 2.73. The van der Waals surface area contributed by atoms with Crippen molar-refractivity contribution < 1.29 is 9.90 Å². The Morgan fingerprint density at radius 1 is 1.53 bits per heavy atom. The third-order valence-corrected chi connectivity index (χ3v) is 3.94. The maximum absolute atomic E-state index is 10.9. The highest BCUT2D eigenvalue weighted by molar-refractivity contribution is 7.14. The monoisotopic (exact) mass is 255 g/mol. The highest BCUT2D eigenvalue weighted by atomic mass is 32.1. The van der Waals surface area contributed by atoms with Crippen LogP contribution in [0, 0.1) is 6.92 Å². The van der Waals surface area contributed by atoms with Gasteiger partial charge in [-0.1, -0.05) is 13.3 Å². The van der Waals surface area contributed by atoms with E-state index in [9.17, 15) is 4.79 Å². The topological polar surface area (TPSA) is 49.3 Å². The number of hydrogen-bond donors (Lipinski definition) is 2. The van der Waals surface area contributed by atoms with Crippen LogP contribution in [0.2, 0.25) is 0 Å². The first-order chi connectivity index (χ1) is 7.85. The van der Waals surface area contributed by atoms with E-state index in [0.29, 0.717) is 4.88 Å². The third kappa shape index (κ3) is 4.13. The lowest BCUT2D eigenvalue weighted by atomic mass is 9.98. The summed E-state index contributed by atoms with van der Waals surface area (Å²) in [5.41, 5.74) is 1.20. The Morgan fingerprint density at radius 2 is 2.18 bits per heavy atom. The molecule has 1 aromatic rings.